The van der Waals surface area contributed by atoms with Gasteiger partial charge in [0.15, 0.2) is 0 Å². The lowest BCUT2D eigenvalue weighted by Gasteiger charge is -2.27. The molecule has 2 atom stereocenters. The zero-order valence-corrected chi connectivity index (χ0v) is 13.1. The van der Waals surface area contributed by atoms with Crippen LogP contribution in [0.1, 0.15) is 50.0 Å². The lowest BCUT2D eigenvalue weighted by Crippen LogP contribution is -2.38. The Kier molecular flexibility index (Phi) is 4.08. The van der Waals surface area contributed by atoms with Gasteiger partial charge in [-0.2, -0.15) is 0 Å². The largest absolute Gasteiger partial charge is 0.481 e. The van der Waals surface area contributed by atoms with Crippen molar-refractivity contribution in [2.45, 2.75) is 45.6 Å². The second-order valence-electron chi connectivity index (χ2n) is 6.77. The maximum absolute atomic E-state index is 12.8. The molecule has 4 nitrogen and oxygen atoms in total. The summed E-state index contributed by atoms with van der Waals surface area (Å²) in [5.41, 5.74) is 1.56. The van der Waals surface area contributed by atoms with E-state index in [0.29, 0.717) is 18.5 Å². The summed E-state index contributed by atoms with van der Waals surface area (Å²) in [6.07, 6.45) is 0.528. The van der Waals surface area contributed by atoms with Gasteiger partial charge < -0.3 is 10.0 Å². The highest BCUT2D eigenvalue weighted by Gasteiger charge is 2.39. The average Bonchev–Trinajstić information content (AvgIpc) is 2.79. The molecule has 2 rings (SSSR count). The van der Waals surface area contributed by atoms with Crippen LogP contribution in [0, 0.1) is 5.92 Å². The van der Waals surface area contributed by atoms with Gasteiger partial charge in [-0.1, -0.05) is 39.0 Å². The van der Waals surface area contributed by atoms with Crippen LogP contribution in [0.15, 0.2) is 24.3 Å². The maximum Gasteiger partial charge on any atom is 0.308 e. The van der Waals surface area contributed by atoms with Crippen LogP contribution in [0.25, 0.3) is 0 Å². The molecule has 1 amide bonds. The number of aliphatic carboxylic acids is 1. The molecular formula is C17H23NO3. The van der Waals surface area contributed by atoms with Gasteiger partial charge in [-0.05, 0) is 30.4 Å². The van der Waals surface area contributed by atoms with Crippen LogP contribution < -0.4 is 0 Å². The van der Waals surface area contributed by atoms with E-state index in [1.165, 1.54) is 0 Å². The van der Waals surface area contributed by atoms with E-state index >= 15 is 0 Å². The first kappa shape index (κ1) is 15.5. The number of carboxylic acids is 1. The van der Waals surface area contributed by atoms with Crippen molar-refractivity contribution in [2.24, 2.45) is 5.92 Å². The third-order valence-corrected chi connectivity index (χ3v) is 4.30. The molecule has 114 valence electrons. The fourth-order valence-electron chi connectivity index (χ4n) is 3.03. The average molecular weight is 289 g/mol. The van der Waals surface area contributed by atoms with E-state index in [9.17, 15) is 14.7 Å². The molecule has 0 bridgehead atoms. The summed E-state index contributed by atoms with van der Waals surface area (Å²) in [7, 11) is 0. The van der Waals surface area contributed by atoms with E-state index in [2.05, 4.69) is 20.8 Å². The van der Waals surface area contributed by atoms with Gasteiger partial charge in [0, 0.05) is 18.2 Å². The molecule has 1 saturated heterocycles. The zero-order chi connectivity index (χ0) is 15.8. The Morgan fingerprint density at radius 3 is 2.38 bits per heavy atom. The van der Waals surface area contributed by atoms with Crippen LogP contribution in [-0.2, 0) is 10.2 Å². The number of carbonyl (C=O) groups excluding carboxylic acids is 1. The predicted octanol–water partition coefficient (Wildman–Crippen LogP) is 2.92. The minimum absolute atomic E-state index is 0.0585. The quantitative estimate of drug-likeness (QED) is 0.910. The number of hydrogen-bond acceptors (Lipinski definition) is 2. The number of carbonyl (C=O) groups is 2. The standard InChI is InChI=1S/C17H23NO3/c1-11-12(16(20)21)9-10-18(11)15(19)13-7-5-6-8-14(13)17(2,3)4/h5-8,11-12H,9-10H2,1-4H3,(H,20,21). The first-order chi connectivity index (χ1) is 9.73. The fourth-order valence-corrected chi connectivity index (χ4v) is 3.03. The molecule has 0 radical (unpaired) electrons. The highest BCUT2D eigenvalue weighted by atomic mass is 16.4. The van der Waals surface area contributed by atoms with Crippen LogP contribution in [0.5, 0.6) is 0 Å². The number of benzene rings is 1. The highest BCUT2D eigenvalue weighted by Crippen LogP contribution is 2.30. The van der Waals surface area contributed by atoms with Crippen molar-refractivity contribution in [3.8, 4) is 0 Å². The third kappa shape index (κ3) is 2.94. The molecular weight excluding hydrogens is 266 g/mol. The Balaban J connectivity index is 2.32. The van der Waals surface area contributed by atoms with Crippen molar-refractivity contribution in [3.63, 3.8) is 0 Å². The zero-order valence-electron chi connectivity index (χ0n) is 13.1. The van der Waals surface area contributed by atoms with Gasteiger partial charge in [0.25, 0.3) is 5.91 Å². The van der Waals surface area contributed by atoms with Gasteiger partial charge in [0.2, 0.25) is 0 Å². The molecule has 1 aliphatic heterocycles. The molecule has 1 aromatic rings. The molecule has 21 heavy (non-hydrogen) atoms. The number of rotatable bonds is 2. The molecule has 0 aromatic heterocycles. The normalized spacial score (nSPS) is 22.4. The molecule has 1 aliphatic rings. The highest BCUT2D eigenvalue weighted by molar-refractivity contribution is 5.96. The number of carboxylic acid groups (broad SMARTS) is 1. The van der Waals surface area contributed by atoms with Crippen molar-refractivity contribution < 1.29 is 14.7 Å². The molecule has 1 heterocycles. The Labute approximate surface area is 125 Å². The summed E-state index contributed by atoms with van der Waals surface area (Å²) in [6, 6.07) is 7.35. The van der Waals surface area contributed by atoms with Crippen LogP contribution in [0.3, 0.4) is 0 Å². The summed E-state index contributed by atoms with van der Waals surface area (Å²) in [6.45, 7) is 8.56. The van der Waals surface area contributed by atoms with Crippen LogP contribution >= 0.6 is 0 Å². The Morgan fingerprint density at radius 2 is 1.86 bits per heavy atom. The van der Waals surface area contributed by atoms with Crippen molar-refractivity contribution in [3.05, 3.63) is 35.4 Å². The van der Waals surface area contributed by atoms with Crippen molar-refractivity contribution in [1.29, 1.82) is 0 Å². The predicted molar refractivity (Wildman–Crippen MR) is 81.4 cm³/mol. The smallest absolute Gasteiger partial charge is 0.308 e. The number of amides is 1. The van der Waals surface area contributed by atoms with Gasteiger partial charge in [-0.3, -0.25) is 9.59 Å². The van der Waals surface area contributed by atoms with Crippen molar-refractivity contribution in [2.75, 3.05) is 6.54 Å². The van der Waals surface area contributed by atoms with E-state index < -0.39 is 11.9 Å². The summed E-state index contributed by atoms with van der Waals surface area (Å²) < 4.78 is 0. The lowest BCUT2D eigenvalue weighted by molar-refractivity contribution is -0.142. The topological polar surface area (TPSA) is 57.6 Å². The van der Waals surface area contributed by atoms with Crippen LogP contribution in [-0.4, -0.2) is 34.5 Å². The minimum Gasteiger partial charge on any atom is -0.481 e. The first-order valence-corrected chi connectivity index (χ1v) is 7.36. The SMILES string of the molecule is CC1C(C(=O)O)CCN1C(=O)c1ccccc1C(C)(C)C. The van der Waals surface area contributed by atoms with Gasteiger partial charge in [0.05, 0.1) is 5.92 Å². The van der Waals surface area contributed by atoms with E-state index in [0.717, 1.165) is 5.56 Å². The molecule has 1 aromatic carbocycles. The Hall–Kier alpha value is -1.84. The summed E-state index contributed by atoms with van der Waals surface area (Å²) in [4.78, 5) is 25.7. The molecule has 2 unspecified atom stereocenters. The second-order valence-corrected chi connectivity index (χ2v) is 6.77. The van der Waals surface area contributed by atoms with Crippen LogP contribution in [0.4, 0.5) is 0 Å². The minimum atomic E-state index is -0.818. The molecule has 0 spiro atoms. The summed E-state index contributed by atoms with van der Waals surface area (Å²) in [5.74, 6) is -1.34. The summed E-state index contributed by atoms with van der Waals surface area (Å²) >= 11 is 0. The Bertz CT molecular complexity index is 559. The lowest BCUT2D eigenvalue weighted by atomic mass is 9.83. The second kappa shape index (κ2) is 5.51. The summed E-state index contributed by atoms with van der Waals surface area (Å²) in [5, 5.41) is 9.20. The Morgan fingerprint density at radius 1 is 1.24 bits per heavy atom. The van der Waals surface area contributed by atoms with E-state index in [1.54, 1.807) is 4.90 Å². The number of likely N-dealkylation sites (tertiary alicyclic amines) is 1. The maximum atomic E-state index is 12.8. The van der Waals surface area contributed by atoms with E-state index in [-0.39, 0.29) is 17.4 Å². The first-order valence-electron chi connectivity index (χ1n) is 7.36. The van der Waals surface area contributed by atoms with Gasteiger partial charge in [-0.25, -0.2) is 0 Å². The van der Waals surface area contributed by atoms with Gasteiger partial charge in [-0.15, -0.1) is 0 Å². The van der Waals surface area contributed by atoms with Crippen molar-refractivity contribution in [1.82, 2.24) is 4.90 Å². The molecule has 1 N–H and O–H groups in total. The van der Waals surface area contributed by atoms with E-state index in [4.69, 9.17) is 0 Å². The molecule has 4 heteroatoms. The third-order valence-electron chi connectivity index (χ3n) is 4.30. The molecule has 1 fully saturated rings. The van der Waals surface area contributed by atoms with Crippen molar-refractivity contribution >= 4 is 11.9 Å². The monoisotopic (exact) mass is 289 g/mol. The van der Waals surface area contributed by atoms with Gasteiger partial charge >= 0.3 is 5.97 Å². The van der Waals surface area contributed by atoms with Gasteiger partial charge in [0.1, 0.15) is 0 Å². The number of hydrogen-bond donors (Lipinski definition) is 1. The van der Waals surface area contributed by atoms with Crippen LogP contribution in [0.2, 0.25) is 0 Å². The number of nitrogens with zero attached hydrogens (tertiary/aromatic N) is 1. The molecule has 0 saturated carbocycles. The molecule has 0 aliphatic carbocycles. The fraction of sp³-hybridized carbons (Fsp3) is 0.529. The van der Waals surface area contributed by atoms with E-state index in [1.807, 2.05) is 31.2 Å².